The average molecular weight is 278 g/mol. The molecule has 1 heterocycles. The van der Waals surface area contributed by atoms with E-state index in [2.05, 4.69) is 36.3 Å². The van der Waals surface area contributed by atoms with Crippen LogP contribution in [-0.2, 0) is 11.3 Å². The topological polar surface area (TPSA) is 32.7 Å². The lowest BCUT2D eigenvalue weighted by Crippen LogP contribution is -2.31. The van der Waals surface area contributed by atoms with E-state index < -0.39 is 0 Å². The minimum absolute atomic E-state index is 0.0923. The van der Waals surface area contributed by atoms with Gasteiger partial charge in [-0.15, -0.1) is 0 Å². The Kier molecular flexibility index (Phi) is 3.82. The van der Waals surface area contributed by atoms with Crippen LogP contribution in [0, 0.1) is 6.92 Å². The first kappa shape index (κ1) is 13.6. The van der Waals surface area contributed by atoms with Crippen LogP contribution in [0.15, 0.2) is 59.7 Å². The number of rotatable bonds is 3. The van der Waals surface area contributed by atoms with Crippen LogP contribution in [0.25, 0.3) is 0 Å². The molecular formula is C18H18N2O. The van der Waals surface area contributed by atoms with Crippen molar-refractivity contribution in [2.45, 2.75) is 26.3 Å². The first-order chi connectivity index (χ1) is 10.2. The lowest BCUT2D eigenvalue weighted by molar-refractivity contribution is -0.132. The van der Waals surface area contributed by atoms with Gasteiger partial charge in [-0.1, -0.05) is 60.2 Å². The Hall–Kier alpha value is -2.42. The maximum atomic E-state index is 12.0. The van der Waals surface area contributed by atoms with Crippen molar-refractivity contribution in [2.75, 3.05) is 0 Å². The Morgan fingerprint density at radius 2 is 1.71 bits per heavy atom. The fraction of sp³-hybridized carbons (Fsp3) is 0.222. The summed E-state index contributed by atoms with van der Waals surface area (Å²) in [5.41, 5.74) is 4.42. The molecule has 0 bridgehead atoms. The van der Waals surface area contributed by atoms with Crippen molar-refractivity contribution in [1.82, 2.24) is 5.01 Å². The predicted octanol–water partition coefficient (Wildman–Crippen LogP) is 3.52. The number of nitrogens with zero attached hydrogens (tertiary/aromatic N) is 2. The Labute approximate surface area is 124 Å². The van der Waals surface area contributed by atoms with E-state index in [1.165, 1.54) is 5.56 Å². The van der Waals surface area contributed by atoms with E-state index in [4.69, 9.17) is 0 Å². The van der Waals surface area contributed by atoms with E-state index in [1.807, 2.05) is 30.3 Å². The molecule has 0 atom stereocenters. The molecule has 1 aliphatic heterocycles. The molecule has 0 unspecified atom stereocenters. The molecule has 106 valence electrons. The quantitative estimate of drug-likeness (QED) is 0.845. The van der Waals surface area contributed by atoms with Crippen LogP contribution in [0.3, 0.4) is 0 Å². The third kappa shape index (κ3) is 3.19. The first-order valence-corrected chi connectivity index (χ1v) is 7.21. The molecule has 1 amide bonds. The zero-order valence-electron chi connectivity index (χ0n) is 12.1. The molecule has 0 saturated carbocycles. The average Bonchev–Trinajstić information content (AvgIpc) is 2.51. The molecule has 3 rings (SSSR count). The number of hydrogen-bond acceptors (Lipinski definition) is 2. The molecule has 0 aliphatic carbocycles. The van der Waals surface area contributed by atoms with Gasteiger partial charge in [-0.2, -0.15) is 5.10 Å². The van der Waals surface area contributed by atoms with Crippen molar-refractivity contribution in [3.05, 3.63) is 71.3 Å². The normalized spacial score (nSPS) is 15.0. The summed E-state index contributed by atoms with van der Waals surface area (Å²) in [6.45, 7) is 2.60. The van der Waals surface area contributed by atoms with Crippen molar-refractivity contribution < 1.29 is 4.79 Å². The Morgan fingerprint density at radius 1 is 1.00 bits per heavy atom. The maximum absolute atomic E-state index is 12.0. The largest absolute Gasteiger partial charge is 0.273 e. The fourth-order valence-electron chi connectivity index (χ4n) is 2.43. The summed E-state index contributed by atoms with van der Waals surface area (Å²) in [5, 5.41) is 6.15. The second kappa shape index (κ2) is 5.92. The van der Waals surface area contributed by atoms with Gasteiger partial charge in [0.1, 0.15) is 0 Å². The highest BCUT2D eigenvalue weighted by molar-refractivity contribution is 6.04. The molecule has 0 aromatic heterocycles. The van der Waals surface area contributed by atoms with Gasteiger partial charge in [-0.25, -0.2) is 5.01 Å². The van der Waals surface area contributed by atoms with E-state index in [1.54, 1.807) is 5.01 Å². The number of benzene rings is 2. The molecule has 2 aromatic carbocycles. The molecule has 0 fully saturated rings. The molecule has 0 saturated heterocycles. The van der Waals surface area contributed by atoms with Gasteiger partial charge in [0, 0.05) is 12.8 Å². The van der Waals surface area contributed by atoms with Gasteiger partial charge in [-0.3, -0.25) is 4.79 Å². The van der Waals surface area contributed by atoms with Gasteiger partial charge < -0.3 is 0 Å². The summed E-state index contributed by atoms with van der Waals surface area (Å²) in [7, 11) is 0. The summed E-state index contributed by atoms with van der Waals surface area (Å²) in [5.74, 6) is 0.0923. The molecular weight excluding hydrogens is 260 g/mol. The van der Waals surface area contributed by atoms with E-state index >= 15 is 0 Å². The van der Waals surface area contributed by atoms with Gasteiger partial charge in [0.15, 0.2) is 0 Å². The van der Waals surface area contributed by atoms with Crippen LogP contribution < -0.4 is 0 Å². The Bertz CT molecular complexity index is 659. The van der Waals surface area contributed by atoms with Crippen molar-refractivity contribution >= 4 is 11.6 Å². The smallest absolute Gasteiger partial charge is 0.243 e. The van der Waals surface area contributed by atoms with Gasteiger partial charge in [0.25, 0.3) is 0 Å². The minimum atomic E-state index is 0.0923. The minimum Gasteiger partial charge on any atom is -0.273 e. The van der Waals surface area contributed by atoms with Crippen LogP contribution >= 0.6 is 0 Å². The lowest BCUT2D eigenvalue weighted by atomic mass is 10.0. The molecule has 21 heavy (non-hydrogen) atoms. The van der Waals surface area contributed by atoms with Crippen molar-refractivity contribution in [2.24, 2.45) is 5.10 Å². The Balaban J connectivity index is 1.84. The van der Waals surface area contributed by atoms with Crippen LogP contribution in [0.5, 0.6) is 0 Å². The molecule has 2 aromatic rings. The van der Waals surface area contributed by atoms with Gasteiger partial charge in [-0.05, 0) is 18.1 Å². The summed E-state index contributed by atoms with van der Waals surface area (Å²) in [6.07, 6.45) is 1.24. The van der Waals surface area contributed by atoms with E-state index in [-0.39, 0.29) is 5.91 Å². The summed E-state index contributed by atoms with van der Waals surface area (Å²) >= 11 is 0. The number of carbonyl (C=O) groups is 1. The van der Waals surface area contributed by atoms with Crippen LogP contribution in [0.1, 0.15) is 29.5 Å². The van der Waals surface area contributed by atoms with Gasteiger partial charge in [0.05, 0.1) is 12.3 Å². The summed E-state index contributed by atoms with van der Waals surface area (Å²) < 4.78 is 0. The fourth-order valence-corrected chi connectivity index (χ4v) is 2.43. The van der Waals surface area contributed by atoms with E-state index in [0.717, 1.165) is 16.8 Å². The molecule has 3 nitrogen and oxygen atoms in total. The standard InChI is InChI=1S/C18H18N2O/c1-14-7-9-16(10-8-14)17-11-12-18(21)20(19-17)13-15-5-3-2-4-6-15/h2-10H,11-13H2,1H3. The second-order valence-corrected chi connectivity index (χ2v) is 5.35. The first-order valence-electron chi connectivity index (χ1n) is 7.21. The van der Waals surface area contributed by atoms with Crippen molar-refractivity contribution in [3.8, 4) is 0 Å². The van der Waals surface area contributed by atoms with Crippen molar-refractivity contribution in [1.29, 1.82) is 0 Å². The van der Waals surface area contributed by atoms with Crippen LogP contribution in [0.4, 0.5) is 0 Å². The molecule has 0 N–H and O–H groups in total. The molecule has 0 spiro atoms. The molecule has 1 aliphatic rings. The Morgan fingerprint density at radius 3 is 2.43 bits per heavy atom. The predicted molar refractivity (Wildman–Crippen MR) is 83.9 cm³/mol. The lowest BCUT2D eigenvalue weighted by Gasteiger charge is -2.23. The highest BCUT2D eigenvalue weighted by Gasteiger charge is 2.21. The van der Waals surface area contributed by atoms with Crippen molar-refractivity contribution in [3.63, 3.8) is 0 Å². The summed E-state index contributed by atoms with van der Waals surface area (Å²) in [4.78, 5) is 12.0. The second-order valence-electron chi connectivity index (χ2n) is 5.35. The summed E-state index contributed by atoms with van der Waals surface area (Å²) in [6, 6.07) is 18.3. The SMILES string of the molecule is Cc1ccc(C2=NN(Cc3ccccc3)C(=O)CC2)cc1. The molecule has 3 heteroatoms. The third-order valence-electron chi connectivity index (χ3n) is 3.66. The van der Waals surface area contributed by atoms with Gasteiger partial charge >= 0.3 is 0 Å². The highest BCUT2D eigenvalue weighted by Crippen LogP contribution is 2.18. The van der Waals surface area contributed by atoms with Gasteiger partial charge in [0.2, 0.25) is 5.91 Å². The number of carbonyl (C=O) groups excluding carboxylic acids is 1. The number of aryl methyl sites for hydroxylation is 1. The third-order valence-corrected chi connectivity index (χ3v) is 3.66. The zero-order chi connectivity index (χ0) is 14.7. The monoisotopic (exact) mass is 278 g/mol. The number of hydrazone groups is 1. The van der Waals surface area contributed by atoms with E-state index in [9.17, 15) is 4.79 Å². The number of amides is 1. The maximum Gasteiger partial charge on any atom is 0.243 e. The highest BCUT2D eigenvalue weighted by atomic mass is 16.2. The van der Waals surface area contributed by atoms with Crippen LogP contribution in [0.2, 0.25) is 0 Å². The zero-order valence-corrected chi connectivity index (χ0v) is 12.1. The van der Waals surface area contributed by atoms with Crippen LogP contribution in [-0.4, -0.2) is 16.6 Å². The van der Waals surface area contributed by atoms with E-state index in [0.29, 0.717) is 19.4 Å². The number of hydrogen-bond donors (Lipinski definition) is 0. The molecule has 0 radical (unpaired) electrons.